The van der Waals surface area contributed by atoms with Gasteiger partial charge in [-0.15, -0.1) is 0 Å². The summed E-state index contributed by atoms with van der Waals surface area (Å²) in [6.45, 7) is 1.41. The molecule has 0 aliphatic carbocycles. The van der Waals surface area contributed by atoms with Gasteiger partial charge in [-0.3, -0.25) is 14.9 Å². The summed E-state index contributed by atoms with van der Waals surface area (Å²) < 4.78 is 32.5. The van der Waals surface area contributed by atoms with Crippen molar-refractivity contribution in [2.75, 3.05) is 0 Å². The van der Waals surface area contributed by atoms with E-state index in [0.29, 0.717) is 6.29 Å². The van der Waals surface area contributed by atoms with E-state index in [2.05, 4.69) is 0 Å². The number of carbonyl (C=O) groups is 1. The minimum Gasteiger partial charge on any atom is -0.451 e. The van der Waals surface area contributed by atoms with Crippen molar-refractivity contribution in [2.24, 2.45) is 0 Å². The van der Waals surface area contributed by atoms with Gasteiger partial charge >= 0.3 is 0 Å². The normalized spacial score (nSPS) is 10.2. The number of aldehydes is 1. The highest BCUT2D eigenvalue weighted by molar-refractivity contribution is 5.75. The third kappa shape index (κ3) is 2.86. The van der Waals surface area contributed by atoms with E-state index >= 15 is 0 Å². The Bertz CT molecular complexity index is 708. The standard InChI is InChI=1S/C14H9F2NO4/c1-8-12(17(19)20)3-2-4-13(8)21-14-10(15)5-9(7-18)6-11(14)16/h2-7H,1H3. The van der Waals surface area contributed by atoms with Crippen LogP contribution in [-0.4, -0.2) is 11.2 Å². The molecule has 0 N–H and O–H groups in total. The van der Waals surface area contributed by atoms with E-state index in [1.165, 1.54) is 25.1 Å². The van der Waals surface area contributed by atoms with Crippen LogP contribution in [0.3, 0.4) is 0 Å². The second kappa shape index (κ2) is 5.66. The molecule has 7 heteroatoms. The van der Waals surface area contributed by atoms with Crippen LogP contribution in [0.1, 0.15) is 15.9 Å². The highest BCUT2D eigenvalue weighted by atomic mass is 19.1. The first-order chi connectivity index (χ1) is 9.93. The van der Waals surface area contributed by atoms with Gasteiger partial charge in [-0.25, -0.2) is 8.78 Å². The second-order valence-electron chi connectivity index (χ2n) is 4.19. The number of hydrogen-bond donors (Lipinski definition) is 0. The van der Waals surface area contributed by atoms with E-state index in [0.717, 1.165) is 12.1 Å². The zero-order chi connectivity index (χ0) is 15.6. The molecule has 0 atom stereocenters. The van der Waals surface area contributed by atoms with E-state index < -0.39 is 22.3 Å². The minimum atomic E-state index is -1.07. The van der Waals surface area contributed by atoms with Crippen molar-refractivity contribution in [3.05, 3.63) is 63.2 Å². The molecular weight excluding hydrogens is 284 g/mol. The van der Waals surface area contributed by atoms with E-state index in [-0.39, 0.29) is 22.6 Å². The van der Waals surface area contributed by atoms with E-state index in [4.69, 9.17) is 4.74 Å². The van der Waals surface area contributed by atoms with Gasteiger partial charge in [-0.1, -0.05) is 6.07 Å². The molecule has 0 aliphatic heterocycles. The summed E-state index contributed by atoms with van der Waals surface area (Å²) in [5, 5.41) is 10.8. The molecule has 108 valence electrons. The van der Waals surface area contributed by atoms with Crippen LogP contribution in [0.4, 0.5) is 14.5 Å². The SMILES string of the molecule is Cc1c(Oc2c(F)cc(C=O)cc2F)cccc1[N+](=O)[O-]. The van der Waals surface area contributed by atoms with Crippen LogP contribution in [0, 0.1) is 28.7 Å². The smallest absolute Gasteiger partial charge is 0.276 e. The van der Waals surface area contributed by atoms with Crippen molar-refractivity contribution in [3.8, 4) is 11.5 Å². The number of rotatable bonds is 4. The largest absolute Gasteiger partial charge is 0.451 e. The molecule has 0 amide bonds. The fourth-order valence-corrected chi connectivity index (χ4v) is 1.77. The molecule has 0 heterocycles. The number of carbonyl (C=O) groups excluding carboxylic acids is 1. The Hall–Kier alpha value is -2.83. The molecule has 0 saturated carbocycles. The van der Waals surface area contributed by atoms with Crippen LogP contribution < -0.4 is 4.74 Å². The molecule has 0 bridgehead atoms. The third-order valence-electron chi connectivity index (χ3n) is 2.82. The molecule has 0 saturated heterocycles. The molecule has 2 aromatic carbocycles. The molecule has 0 fully saturated rings. The van der Waals surface area contributed by atoms with Gasteiger partial charge < -0.3 is 4.74 Å². The monoisotopic (exact) mass is 293 g/mol. The fraction of sp³-hybridized carbons (Fsp3) is 0.0714. The van der Waals surface area contributed by atoms with Crippen LogP contribution in [0.5, 0.6) is 11.5 Å². The Morgan fingerprint density at radius 2 is 1.86 bits per heavy atom. The second-order valence-corrected chi connectivity index (χ2v) is 4.19. The van der Waals surface area contributed by atoms with Crippen LogP contribution in [0.25, 0.3) is 0 Å². The van der Waals surface area contributed by atoms with Gasteiger partial charge in [0.05, 0.1) is 10.5 Å². The number of hydrogen-bond acceptors (Lipinski definition) is 4. The van der Waals surface area contributed by atoms with Crippen LogP contribution in [0.2, 0.25) is 0 Å². The Morgan fingerprint density at radius 3 is 2.38 bits per heavy atom. The third-order valence-corrected chi connectivity index (χ3v) is 2.82. The maximum absolute atomic E-state index is 13.7. The van der Waals surface area contributed by atoms with Crippen LogP contribution >= 0.6 is 0 Å². The van der Waals surface area contributed by atoms with Crippen molar-refractivity contribution < 1.29 is 23.2 Å². The molecule has 0 spiro atoms. The maximum atomic E-state index is 13.7. The molecule has 2 aromatic rings. The summed E-state index contributed by atoms with van der Waals surface area (Å²) in [6.07, 6.45) is 0.300. The minimum absolute atomic E-state index is 0.0409. The van der Waals surface area contributed by atoms with Gasteiger partial charge in [0, 0.05) is 11.6 Å². The van der Waals surface area contributed by atoms with Crippen molar-refractivity contribution in [2.45, 2.75) is 6.92 Å². The number of nitro benzene ring substituents is 1. The predicted molar refractivity (Wildman–Crippen MR) is 69.7 cm³/mol. The summed E-state index contributed by atoms with van der Waals surface area (Å²) in [7, 11) is 0. The topological polar surface area (TPSA) is 69.4 Å². The van der Waals surface area contributed by atoms with Crippen molar-refractivity contribution in [1.82, 2.24) is 0 Å². The lowest BCUT2D eigenvalue weighted by Gasteiger charge is -2.10. The lowest BCUT2D eigenvalue weighted by atomic mass is 10.2. The van der Waals surface area contributed by atoms with E-state index in [1.807, 2.05) is 0 Å². The summed E-state index contributed by atoms with van der Waals surface area (Å²) in [6, 6.07) is 5.59. The fourth-order valence-electron chi connectivity index (χ4n) is 1.77. The van der Waals surface area contributed by atoms with Gasteiger partial charge in [0.2, 0.25) is 0 Å². The van der Waals surface area contributed by atoms with Gasteiger partial charge in [0.25, 0.3) is 5.69 Å². The molecule has 2 rings (SSSR count). The lowest BCUT2D eigenvalue weighted by Crippen LogP contribution is -1.98. The first-order valence-corrected chi connectivity index (χ1v) is 5.80. The average molecular weight is 293 g/mol. The Morgan fingerprint density at radius 1 is 1.24 bits per heavy atom. The molecule has 0 unspecified atom stereocenters. The Labute approximate surface area is 117 Å². The lowest BCUT2D eigenvalue weighted by molar-refractivity contribution is -0.385. The number of ether oxygens (including phenoxy) is 1. The zero-order valence-electron chi connectivity index (χ0n) is 10.8. The summed E-state index contributed by atoms with van der Waals surface area (Å²) in [5.74, 6) is -2.89. The number of halogens is 2. The summed E-state index contributed by atoms with van der Waals surface area (Å²) >= 11 is 0. The Kier molecular flexibility index (Phi) is 3.93. The van der Waals surface area contributed by atoms with Gasteiger partial charge in [-0.05, 0) is 25.1 Å². The number of nitrogens with zero attached hydrogens (tertiary/aromatic N) is 1. The van der Waals surface area contributed by atoms with Crippen molar-refractivity contribution in [1.29, 1.82) is 0 Å². The first kappa shape index (κ1) is 14.6. The Balaban J connectivity index is 2.46. The van der Waals surface area contributed by atoms with Gasteiger partial charge in [0.15, 0.2) is 17.4 Å². The summed E-state index contributed by atoms with van der Waals surface area (Å²) in [4.78, 5) is 20.7. The maximum Gasteiger partial charge on any atom is 0.276 e. The molecule has 0 aliphatic rings. The van der Waals surface area contributed by atoms with Crippen LogP contribution in [-0.2, 0) is 0 Å². The molecular formula is C14H9F2NO4. The van der Waals surface area contributed by atoms with Gasteiger partial charge in [-0.2, -0.15) is 0 Å². The van der Waals surface area contributed by atoms with E-state index in [1.54, 1.807) is 0 Å². The van der Waals surface area contributed by atoms with Crippen LogP contribution in [0.15, 0.2) is 30.3 Å². The molecule has 21 heavy (non-hydrogen) atoms. The average Bonchev–Trinajstić information content (AvgIpc) is 2.43. The molecule has 0 aromatic heterocycles. The number of benzene rings is 2. The van der Waals surface area contributed by atoms with E-state index in [9.17, 15) is 23.7 Å². The molecule has 5 nitrogen and oxygen atoms in total. The number of nitro groups is 1. The molecule has 0 radical (unpaired) electrons. The van der Waals surface area contributed by atoms with Crippen molar-refractivity contribution in [3.63, 3.8) is 0 Å². The zero-order valence-corrected chi connectivity index (χ0v) is 10.8. The quantitative estimate of drug-likeness (QED) is 0.488. The predicted octanol–water partition coefficient (Wildman–Crippen LogP) is 3.79. The van der Waals surface area contributed by atoms with Gasteiger partial charge in [0.1, 0.15) is 12.0 Å². The highest BCUT2D eigenvalue weighted by Gasteiger charge is 2.18. The highest BCUT2D eigenvalue weighted by Crippen LogP contribution is 2.33. The first-order valence-electron chi connectivity index (χ1n) is 5.80. The summed E-state index contributed by atoms with van der Waals surface area (Å²) in [5.41, 5.74) is -0.258. The van der Waals surface area contributed by atoms with Crippen molar-refractivity contribution >= 4 is 12.0 Å².